The maximum atomic E-state index is 11.8. The Morgan fingerprint density at radius 3 is 2.72 bits per heavy atom. The van der Waals surface area contributed by atoms with Crippen molar-refractivity contribution in [3.63, 3.8) is 0 Å². The minimum absolute atomic E-state index is 0.0177. The standard InChI is InChI=1S/C15H22O3/c1-8-6-15(7-12(8)16)9(2)4-5-11-10(3)14(17)18-13(11)15/h6,9-13,16H,4-5,7H2,1-3H3/t9-,10-,11+,12+,13-,15+/m0/s1. The molecule has 3 rings (SSSR count). The molecule has 0 bridgehead atoms. The predicted octanol–water partition coefficient (Wildman–Crippen LogP) is 2.29. The third-order valence-corrected chi connectivity index (χ3v) is 5.60. The lowest BCUT2D eigenvalue weighted by Crippen LogP contribution is -2.46. The summed E-state index contributed by atoms with van der Waals surface area (Å²) in [6.07, 6.45) is 4.74. The van der Waals surface area contributed by atoms with Crippen LogP contribution < -0.4 is 0 Å². The van der Waals surface area contributed by atoms with Crippen LogP contribution in [-0.4, -0.2) is 23.3 Å². The zero-order valence-corrected chi connectivity index (χ0v) is 11.3. The molecular formula is C15H22O3. The molecule has 0 amide bonds. The third-order valence-electron chi connectivity index (χ3n) is 5.60. The number of rotatable bonds is 0. The van der Waals surface area contributed by atoms with E-state index in [1.54, 1.807) is 0 Å². The van der Waals surface area contributed by atoms with Crippen LogP contribution in [0.1, 0.15) is 40.0 Å². The van der Waals surface area contributed by atoms with Crippen LogP contribution in [0.3, 0.4) is 0 Å². The van der Waals surface area contributed by atoms with Gasteiger partial charge in [0, 0.05) is 11.3 Å². The second kappa shape index (κ2) is 3.83. The molecule has 100 valence electrons. The number of esters is 1. The smallest absolute Gasteiger partial charge is 0.309 e. The summed E-state index contributed by atoms with van der Waals surface area (Å²) in [7, 11) is 0. The van der Waals surface area contributed by atoms with Crippen molar-refractivity contribution in [1.82, 2.24) is 0 Å². The van der Waals surface area contributed by atoms with Crippen molar-refractivity contribution < 1.29 is 14.6 Å². The highest BCUT2D eigenvalue weighted by Gasteiger charge is 2.59. The van der Waals surface area contributed by atoms with E-state index in [0.717, 1.165) is 24.8 Å². The van der Waals surface area contributed by atoms with E-state index < -0.39 is 0 Å². The van der Waals surface area contributed by atoms with E-state index in [4.69, 9.17) is 4.74 Å². The van der Waals surface area contributed by atoms with Gasteiger partial charge in [0.05, 0.1) is 12.0 Å². The molecule has 1 N–H and O–H groups in total. The summed E-state index contributed by atoms with van der Waals surface area (Å²) in [6.45, 7) is 6.20. The van der Waals surface area contributed by atoms with Crippen LogP contribution in [-0.2, 0) is 9.53 Å². The zero-order chi connectivity index (χ0) is 13.1. The fourth-order valence-corrected chi connectivity index (χ4v) is 4.27. The summed E-state index contributed by atoms with van der Waals surface area (Å²) in [5, 5.41) is 10.1. The van der Waals surface area contributed by atoms with Gasteiger partial charge in [-0.05, 0) is 37.7 Å². The molecule has 1 spiro atoms. The Balaban J connectivity index is 2.00. The first-order valence-electron chi connectivity index (χ1n) is 7.03. The number of aliphatic hydroxyl groups is 1. The zero-order valence-electron chi connectivity index (χ0n) is 11.3. The van der Waals surface area contributed by atoms with Gasteiger partial charge in [0.15, 0.2) is 0 Å². The predicted molar refractivity (Wildman–Crippen MR) is 67.7 cm³/mol. The van der Waals surface area contributed by atoms with Crippen molar-refractivity contribution >= 4 is 5.97 Å². The van der Waals surface area contributed by atoms with E-state index in [0.29, 0.717) is 11.8 Å². The molecule has 2 fully saturated rings. The van der Waals surface area contributed by atoms with Crippen LogP contribution in [0.5, 0.6) is 0 Å². The highest BCUT2D eigenvalue weighted by Crippen LogP contribution is 2.57. The van der Waals surface area contributed by atoms with Gasteiger partial charge < -0.3 is 9.84 Å². The minimum atomic E-state index is -0.360. The van der Waals surface area contributed by atoms with Crippen LogP contribution in [0.4, 0.5) is 0 Å². The van der Waals surface area contributed by atoms with Gasteiger partial charge in [-0.1, -0.05) is 19.9 Å². The number of aliphatic hydroxyl groups excluding tert-OH is 1. The number of ether oxygens (including phenoxy) is 1. The highest BCUT2D eigenvalue weighted by atomic mass is 16.6. The maximum Gasteiger partial charge on any atom is 0.309 e. The van der Waals surface area contributed by atoms with Gasteiger partial charge in [-0.2, -0.15) is 0 Å². The molecule has 1 saturated heterocycles. The maximum absolute atomic E-state index is 11.8. The van der Waals surface area contributed by atoms with Crippen molar-refractivity contribution in [3.8, 4) is 0 Å². The average Bonchev–Trinajstić information content (AvgIpc) is 2.77. The minimum Gasteiger partial charge on any atom is -0.461 e. The first-order chi connectivity index (χ1) is 8.45. The normalized spacial score (nSPS) is 51.2. The SMILES string of the molecule is CC1=C[C@@]2(C[C@H]1O)[C@@H](C)CC[C@@H]1[C@H](C)C(=O)O[C@@H]12. The van der Waals surface area contributed by atoms with Gasteiger partial charge in [0.1, 0.15) is 6.10 Å². The molecule has 0 aromatic carbocycles. The van der Waals surface area contributed by atoms with Gasteiger partial charge in [-0.3, -0.25) is 4.79 Å². The number of carbonyl (C=O) groups is 1. The Kier molecular flexibility index (Phi) is 2.60. The fourth-order valence-electron chi connectivity index (χ4n) is 4.27. The molecule has 0 radical (unpaired) electrons. The quantitative estimate of drug-likeness (QED) is 0.530. The Morgan fingerprint density at radius 2 is 2.11 bits per heavy atom. The van der Waals surface area contributed by atoms with Crippen molar-refractivity contribution in [2.75, 3.05) is 0 Å². The van der Waals surface area contributed by atoms with E-state index in [9.17, 15) is 9.90 Å². The highest BCUT2D eigenvalue weighted by molar-refractivity contribution is 5.75. The summed E-state index contributed by atoms with van der Waals surface area (Å²) < 4.78 is 5.69. The first-order valence-corrected chi connectivity index (χ1v) is 7.03. The Labute approximate surface area is 108 Å². The lowest BCUT2D eigenvalue weighted by atomic mass is 9.60. The van der Waals surface area contributed by atoms with Crippen molar-refractivity contribution in [2.45, 2.75) is 52.2 Å². The molecule has 3 heteroatoms. The molecule has 3 nitrogen and oxygen atoms in total. The topological polar surface area (TPSA) is 46.5 Å². The summed E-state index contributed by atoms with van der Waals surface area (Å²) in [5.41, 5.74) is 0.922. The molecule has 2 aliphatic carbocycles. The molecule has 1 heterocycles. The summed E-state index contributed by atoms with van der Waals surface area (Å²) in [6, 6.07) is 0. The van der Waals surface area contributed by atoms with Gasteiger partial charge in [0.2, 0.25) is 0 Å². The molecule has 6 atom stereocenters. The van der Waals surface area contributed by atoms with E-state index in [1.165, 1.54) is 0 Å². The number of fused-ring (bicyclic) bond motifs is 2. The Hall–Kier alpha value is -0.830. The average molecular weight is 250 g/mol. The lowest BCUT2D eigenvalue weighted by molar-refractivity contribution is -0.150. The summed E-state index contributed by atoms with van der Waals surface area (Å²) >= 11 is 0. The summed E-state index contributed by atoms with van der Waals surface area (Å²) in [5.74, 6) is 0.781. The van der Waals surface area contributed by atoms with Crippen molar-refractivity contribution in [3.05, 3.63) is 11.6 Å². The monoisotopic (exact) mass is 250 g/mol. The molecule has 0 unspecified atom stereocenters. The molecule has 0 aromatic rings. The lowest BCUT2D eigenvalue weighted by Gasteiger charge is -2.45. The van der Waals surface area contributed by atoms with Crippen LogP contribution in [0.25, 0.3) is 0 Å². The van der Waals surface area contributed by atoms with Gasteiger partial charge >= 0.3 is 5.97 Å². The second-order valence-corrected chi connectivity index (χ2v) is 6.51. The molecular weight excluding hydrogens is 228 g/mol. The van der Waals surface area contributed by atoms with Crippen LogP contribution >= 0.6 is 0 Å². The molecule has 0 aromatic heterocycles. The van der Waals surface area contributed by atoms with Crippen molar-refractivity contribution in [2.24, 2.45) is 23.2 Å². The fraction of sp³-hybridized carbons (Fsp3) is 0.800. The van der Waals surface area contributed by atoms with Crippen LogP contribution in [0.2, 0.25) is 0 Å². The van der Waals surface area contributed by atoms with Crippen LogP contribution in [0.15, 0.2) is 11.6 Å². The molecule has 1 aliphatic heterocycles. The van der Waals surface area contributed by atoms with Crippen molar-refractivity contribution in [1.29, 1.82) is 0 Å². The number of hydrogen-bond acceptors (Lipinski definition) is 3. The largest absolute Gasteiger partial charge is 0.461 e. The Bertz CT molecular complexity index is 414. The summed E-state index contributed by atoms with van der Waals surface area (Å²) in [4.78, 5) is 11.8. The van der Waals surface area contributed by atoms with Gasteiger partial charge in [-0.15, -0.1) is 0 Å². The van der Waals surface area contributed by atoms with Gasteiger partial charge in [0.25, 0.3) is 0 Å². The number of carbonyl (C=O) groups excluding carboxylic acids is 1. The third kappa shape index (κ3) is 1.43. The van der Waals surface area contributed by atoms with Gasteiger partial charge in [-0.25, -0.2) is 0 Å². The van der Waals surface area contributed by atoms with Crippen LogP contribution in [0, 0.1) is 23.2 Å². The molecule has 1 saturated carbocycles. The number of hydrogen-bond donors (Lipinski definition) is 1. The Morgan fingerprint density at radius 1 is 1.39 bits per heavy atom. The van der Waals surface area contributed by atoms with E-state index >= 15 is 0 Å². The molecule has 18 heavy (non-hydrogen) atoms. The second-order valence-electron chi connectivity index (χ2n) is 6.51. The molecule has 3 aliphatic rings. The van der Waals surface area contributed by atoms with E-state index in [2.05, 4.69) is 13.0 Å². The van der Waals surface area contributed by atoms with E-state index in [-0.39, 0.29) is 29.5 Å². The first kappa shape index (κ1) is 12.2. The van der Waals surface area contributed by atoms with E-state index in [1.807, 2.05) is 13.8 Å².